The molecule has 5 nitrogen and oxygen atoms in total. The fraction of sp³-hybridized carbons (Fsp3) is 0.636. The van der Waals surface area contributed by atoms with Gasteiger partial charge in [-0.3, -0.25) is 4.98 Å². The maximum Gasteiger partial charge on any atom is 0.150 e. The Morgan fingerprint density at radius 3 is 2.81 bits per heavy atom. The first-order valence-corrected chi connectivity index (χ1v) is 5.44. The van der Waals surface area contributed by atoms with Gasteiger partial charge in [0, 0.05) is 39.0 Å². The van der Waals surface area contributed by atoms with Crippen LogP contribution in [0.15, 0.2) is 12.4 Å². The number of hydrogen-bond acceptors (Lipinski definition) is 5. The zero-order valence-electron chi connectivity index (χ0n) is 9.63. The molecule has 0 saturated carbocycles. The molecule has 1 aliphatic rings. The van der Waals surface area contributed by atoms with E-state index in [2.05, 4.69) is 9.97 Å². The Morgan fingerprint density at radius 2 is 2.12 bits per heavy atom. The zero-order chi connectivity index (χ0) is 11.5. The van der Waals surface area contributed by atoms with E-state index < -0.39 is 0 Å². The van der Waals surface area contributed by atoms with Crippen molar-refractivity contribution in [2.24, 2.45) is 0 Å². The van der Waals surface area contributed by atoms with Gasteiger partial charge in [0.1, 0.15) is 5.82 Å². The molecule has 0 radical (unpaired) electrons. The van der Waals surface area contributed by atoms with E-state index in [4.69, 9.17) is 4.74 Å². The highest BCUT2D eigenvalue weighted by Gasteiger charge is 2.27. The lowest BCUT2D eigenvalue weighted by Gasteiger charge is -2.36. The fourth-order valence-electron chi connectivity index (χ4n) is 2.08. The highest BCUT2D eigenvalue weighted by Crippen LogP contribution is 2.21. The van der Waals surface area contributed by atoms with Gasteiger partial charge in [0.15, 0.2) is 0 Å². The van der Waals surface area contributed by atoms with Gasteiger partial charge in [-0.1, -0.05) is 0 Å². The van der Waals surface area contributed by atoms with Gasteiger partial charge in [-0.05, 0) is 6.92 Å². The van der Waals surface area contributed by atoms with Crippen molar-refractivity contribution in [2.75, 3.05) is 25.1 Å². The monoisotopic (exact) mass is 223 g/mol. The molecule has 16 heavy (non-hydrogen) atoms. The molecule has 5 heteroatoms. The van der Waals surface area contributed by atoms with E-state index in [0.717, 1.165) is 18.1 Å². The smallest absolute Gasteiger partial charge is 0.150 e. The number of anilines is 1. The number of nitrogens with zero attached hydrogens (tertiary/aromatic N) is 3. The second-order valence-corrected chi connectivity index (χ2v) is 4.12. The Kier molecular flexibility index (Phi) is 3.36. The summed E-state index contributed by atoms with van der Waals surface area (Å²) in [6.07, 6.45) is 3.73. The minimum Gasteiger partial charge on any atom is -0.391 e. The third-order valence-corrected chi connectivity index (χ3v) is 2.88. The summed E-state index contributed by atoms with van der Waals surface area (Å²) in [5, 5.41) is 9.76. The summed E-state index contributed by atoms with van der Waals surface area (Å²) in [7, 11) is 1.67. The normalized spacial score (nSPS) is 25.8. The van der Waals surface area contributed by atoms with Crippen LogP contribution in [-0.4, -0.2) is 47.5 Å². The molecule has 1 aromatic heterocycles. The van der Waals surface area contributed by atoms with Gasteiger partial charge in [-0.2, -0.15) is 0 Å². The quantitative estimate of drug-likeness (QED) is 0.785. The van der Waals surface area contributed by atoms with Crippen molar-refractivity contribution in [3.63, 3.8) is 0 Å². The van der Waals surface area contributed by atoms with Gasteiger partial charge in [0.2, 0.25) is 0 Å². The summed E-state index contributed by atoms with van der Waals surface area (Å²) in [5.41, 5.74) is 0.881. The van der Waals surface area contributed by atoms with Gasteiger partial charge in [0.05, 0.1) is 17.9 Å². The maximum absolute atomic E-state index is 9.76. The van der Waals surface area contributed by atoms with E-state index in [1.165, 1.54) is 0 Å². The van der Waals surface area contributed by atoms with Crippen molar-refractivity contribution in [1.29, 1.82) is 0 Å². The molecule has 0 aliphatic carbocycles. The predicted octanol–water partition coefficient (Wildman–Crippen LogP) is 0.371. The first-order chi connectivity index (χ1) is 7.70. The molecule has 88 valence electrons. The second-order valence-electron chi connectivity index (χ2n) is 4.12. The lowest BCUT2D eigenvalue weighted by atomic mass is 10.1. The third-order valence-electron chi connectivity index (χ3n) is 2.88. The van der Waals surface area contributed by atoms with Crippen LogP contribution in [0.2, 0.25) is 0 Å². The molecular formula is C11H17N3O2. The summed E-state index contributed by atoms with van der Waals surface area (Å²) in [5.74, 6) is 0.836. The highest BCUT2D eigenvalue weighted by molar-refractivity contribution is 5.43. The molecule has 0 unspecified atom stereocenters. The van der Waals surface area contributed by atoms with E-state index in [-0.39, 0.29) is 12.2 Å². The summed E-state index contributed by atoms with van der Waals surface area (Å²) in [6.45, 7) is 3.28. The van der Waals surface area contributed by atoms with E-state index >= 15 is 0 Å². The molecule has 1 aromatic rings. The first-order valence-electron chi connectivity index (χ1n) is 5.44. The Morgan fingerprint density at radius 1 is 1.38 bits per heavy atom. The Bertz CT molecular complexity index is 359. The average molecular weight is 223 g/mol. The molecule has 2 atom stereocenters. The lowest BCUT2D eigenvalue weighted by Crippen LogP contribution is -2.47. The number of methoxy groups -OCH3 is 1. The number of aliphatic hydroxyl groups excluding tert-OH is 1. The summed E-state index contributed by atoms with van der Waals surface area (Å²) in [6, 6.07) is 0. The van der Waals surface area contributed by atoms with E-state index in [1.54, 1.807) is 19.5 Å². The number of ether oxygens (including phenoxy) is 1. The van der Waals surface area contributed by atoms with Gasteiger partial charge >= 0.3 is 0 Å². The van der Waals surface area contributed by atoms with Gasteiger partial charge in [0.25, 0.3) is 0 Å². The minimum atomic E-state index is -0.361. The third kappa shape index (κ3) is 2.31. The van der Waals surface area contributed by atoms with Crippen LogP contribution in [0.4, 0.5) is 5.82 Å². The average Bonchev–Trinajstić information content (AvgIpc) is 2.28. The van der Waals surface area contributed by atoms with E-state index in [9.17, 15) is 5.11 Å². The molecular weight excluding hydrogens is 206 g/mol. The number of β-amino-alcohol motifs (C(OH)–C–C–N with tert-alkyl or cyclic N) is 1. The van der Waals surface area contributed by atoms with Crippen LogP contribution in [0.5, 0.6) is 0 Å². The van der Waals surface area contributed by atoms with Crippen molar-refractivity contribution in [3.05, 3.63) is 18.1 Å². The van der Waals surface area contributed by atoms with E-state index in [1.807, 2.05) is 11.8 Å². The summed E-state index contributed by atoms with van der Waals surface area (Å²) < 4.78 is 5.30. The summed E-state index contributed by atoms with van der Waals surface area (Å²) >= 11 is 0. The van der Waals surface area contributed by atoms with Crippen molar-refractivity contribution < 1.29 is 9.84 Å². The molecule has 0 aromatic carbocycles. The molecule has 2 rings (SSSR count). The molecule has 1 N–H and O–H groups in total. The Labute approximate surface area is 95.1 Å². The fourth-order valence-corrected chi connectivity index (χ4v) is 2.08. The predicted molar refractivity (Wildman–Crippen MR) is 60.4 cm³/mol. The van der Waals surface area contributed by atoms with Gasteiger partial charge in [-0.25, -0.2) is 4.98 Å². The zero-order valence-corrected chi connectivity index (χ0v) is 9.63. The maximum atomic E-state index is 9.76. The van der Waals surface area contributed by atoms with Crippen LogP contribution < -0.4 is 4.90 Å². The van der Waals surface area contributed by atoms with Crippen molar-refractivity contribution in [1.82, 2.24) is 9.97 Å². The SMILES string of the molecule is CO[C@H]1C[C@H](O)CN(c2nccnc2C)C1. The van der Waals surface area contributed by atoms with Gasteiger partial charge in [-0.15, -0.1) is 0 Å². The van der Waals surface area contributed by atoms with Crippen LogP contribution >= 0.6 is 0 Å². The highest BCUT2D eigenvalue weighted by atomic mass is 16.5. The molecule has 1 aliphatic heterocycles. The summed E-state index contributed by atoms with van der Waals surface area (Å²) in [4.78, 5) is 10.5. The number of piperidine rings is 1. The van der Waals surface area contributed by atoms with Crippen LogP contribution in [0, 0.1) is 6.92 Å². The number of aryl methyl sites for hydroxylation is 1. The van der Waals surface area contributed by atoms with E-state index in [0.29, 0.717) is 13.0 Å². The molecule has 0 bridgehead atoms. The van der Waals surface area contributed by atoms with Gasteiger partial charge < -0.3 is 14.7 Å². The Balaban J connectivity index is 2.17. The molecule has 2 heterocycles. The standard InChI is InChI=1S/C11H17N3O2/c1-8-11(13-4-3-12-8)14-6-9(15)5-10(7-14)16-2/h3-4,9-10,15H,5-7H2,1-2H3/t9-,10-/m0/s1. The molecule has 0 spiro atoms. The van der Waals surface area contributed by atoms with Crippen LogP contribution in [0.3, 0.4) is 0 Å². The van der Waals surface area contributed by atoms with Crippen molar-refractivity contribution in [3.8, 4) is 0 Å². The molecule has 1 fully saturated rings. The van der Waals surface area contributed by atoms with Crippen molar-refractivity contribution in [2.45, 2.75) is 25.6 Å². The molecule has 0 amide bonds. The second kappa shape index (κ2) is 4.76. The van der Waals surface area contributed by atoms with Crippen LogP contribution in [0.1, 0.15) is 12.1 Å². The number of hydrogen-bond donors (Lipinski definition) is 1. The number of aromatic nitrogens is 2. The lowest BCUT2D eigenvalue weighted by molar-refractivity contribution is 0.0326. The minimum absolute atomic E-state index is 0.0603. The van der Waals surface area contributed by atoms with Crippen LogP contribution in [-0.2, 0) is 4.74 Å². The first kappa shape index (κ1) is 11.3. The number of aliphatic hydroxyl groups is 1. The number of rotatable bonds is 2. The largest absolute Gasteiger partial charge is 0.391 e. The van der Waals surface area contributed by atoms with Crippen LogP contribution in [0.25, 0.3) is 0 Å². The topological polar surface area (TPSA) is 58.5 Å². The van der Waals surface area contributed by atoms with Crippen molar-refractivity contribution >= 4 is 5.82 Å². The molecule has 1 saturated heterocycles. The Hall–Kier alpha value is -1.20.